The fourth-order valence-corrected chi connectivity index (χ4v) is 2.23. The number of rotatable bonds is 7. The first-order valence-corrected chi connectivity index (χ1v) is 7.10. The molecule has 20 heavy (non-hydrogen) atoms. The first-order valence-electron chi connectivity index (χ1n) is 7.10. The Morgan fingerprint density at radius 2 is 1.90 bits per heavy atom. The van der Waals surface area contributed by atoms with E-state index in [9.17, 15) is 4.79 Å². The summed E-state index contributed by atoms with van der Waals surface area (Å²) in [4.78, 5) is 19.8. The second-order valence-corrected chi connectivity index (χ2v) is 5.15. The van der Waals surface area contributed by atoms with Gasteiger partial charge in [-0.15, -0.1) is 0 Å². The number of nitrogens with zero attached hydrogens (tertiary/aromatic N) is 3. The number of carbonyl (C=O) groups is 1. The highest BCUT2D eigenvalue weighted by Gasteiger charge is 2.26. The van der Waals surface area contributed by atoms with Crippen LogP contribution in [0.25, 0.3) is 0 Å². The fourth-order valence-electron chi connectivity index (χ4n) is 2.23. The van der Waals surface area contributed by atoms with E-state index in [4.69, 9.17) is 5.73 Å². The van der Waals surface area contributed by atoms with Gasteiger partial charge in [0.15, 0.2) is 0 Å². The first kappa shape index (κ1) is 16.6. The van der Waals surface area contributed by atoms with Gasteiger partial charge < -0.3 is 10.6 Å². The van der Waals surface area contributed by atoms with Crippen molar-refractivity contribution in [3.63, 3.8) is 0 Å². The highest BCUT2D eigenvalue weighted by Crippen LogP contribution is 2.24. The Morgan fingerprint density at radius 3 is 2.35 bits per heavy atom. The van der Waals surface area contributed by atoms with Crippen molar-refractivity contribution >= 4 is 5.91 Å². The SMILES string of the molecule is CCC(N)C(c1ccncc1)N(CC)CC(=O)N(C)C. The van der Waals surface area contributed by atoms with Crippen molar-refractivity contribution in [1.29, 1.82) is 0 Å². The minimum Gasteiger partial charge on any atom is -0.348 e. The van der Waals surface area contributed by atoms with Crippen LogP contribution in [0, 0.1) is 0 Å². The third-order valence-electron chi connectivity index (χ3n) is 3.56. The van der Waals surface area contributed by atoms with E-state index in [0.29, 0.717) is 6.54 Å². The summed E-state index contributed by atoms with van der Waals surface area (Å²) in [6.45, 7) is 5.28. The maximum atomic E-state index is 12.0. The summed E-state index contributed by atoms with van der Waals surface area (Å²) in [5.74, 6) is 0.0919. The van der Waals surface area contributed by atoms with Crippen LogP contribution < -0.4 is 5.73 Å². The summed E-state index contributed by atoms with van der Waals surface area (Å²) in [6.07, 6.45) is 4.40. The topological polar surface area (TPSA) is 62.5 Å². The molecule has 5 nitrogen and oxygen atoms in total. The predicted molar refractivity (Wildman–Crippen MR) is 81.2 cm³/mol. The molecule has 5 heteroatoms. The normalized spacial score (nSPS) is 14.1. The lowest BCUT2D eigenvalue weighted by Gasteiger charge is -2.35. The molecule has 1 amide bonds. The molecule has 0 aliphatic carbocycles. The van der Waals surface area contributed by atoms with Gasteiger partial charge >= 0.3 is 0 Å². The number of hydrogen-bond acceptors (Lipinski definition) is 4. The average molecular weight is 278 g/mol. The summed E-state index contributed by atoms with van der Waals surface area (Å²) >= 11 is 0. The molecule has 0 fully saturated rings. The molecule has 0 aromatic carbocycles. The number of nitrogens with two attached hydrogens (primary N) is 1. The van der Waals surface area contributed by atoms with E-state index in [1.165, 1.54) is 0 Å². The molecule has 112 valence electrons. The Kier molecular flexibility index (Phi) is 6.61. The van der Waals surface area contributed by atoms with Gasteiger partial charge in [-0.25, -0.2) is 0 Å². The molecule has 2 atom stereocenters. The molecule has 0 saturated heterocycles. The zero-order valence-corrected chi connectivity index (χ0v) is 12.9. The van der Waals surface area contributed by atoms with Gasteiger partial charge in [0, 0.05) is 32.5 Å². The standard InChI is InChI=1S/C15H26N4O/c1-5-13(16)15(12-7-9-17-10-8-12)19(6-2)11-14(20)18(3)4/h7-10,13,15H,5-6,11,16H2,1-4H3. The van der Waals surface area contributed by atoms with E-state index in [1.807, 2.05) is 12.1 Å². The highest BCUT2D eigenvalue weighted by atomic mass is 16.2. The van der Waals surface area contributed by atoms with E-state index in [-0.39, 0.29) is 18.0 Å². The average Bonchev–Trinajstić information content (AvgIpc) is 2.46. The third-order valence-corrected chi connectivity index (χ3v) is 3.56. The first-order chi connectivity index (χ1) is 9.51. The lowest BCUT2D eigenvalue weighted by atomic mass is 9.97. The van der Waals surface area contributed by atoms with Gasteiger partial charge in [-0.1, -0.05) is 13.8 Å². The number of carbonyl (C=O) groups excluding carboxylic acids is 1. The summed E-state index contributed by atoms with van der Waals surface area (Å²) in [5.41, 5.74) is 7.40. The van der Waals surface area contributed by atoms with Crippen LogP contribution in [0.5, 0.6) is 0 Å². The molecule has 0 aliphatic heterocycles. The van der Waals surface area contributed by atoms with Crippen molar-refractivity contribution in [2.75, 3.05) is 27.2 Å². The summed E-state index contributed by atoms with van der Waals surface area (Å²) in [7, 11) is 3.55. The monoisotopic (exact) mass is 278 g/mol. The van der Waals surface area contributed by atoms with Gasteiger partial charge in [0.05, 0.1) is 12.6 Å². The van der Waals surface area contributed by atoms with Crippen LogP contribution in [0.2, 0.25) is 0 Å². The number of amides is 1. The van der Waals surface area contributed by atoms with E-state index in [2.05, 4.69) is 23.7 Å². The number of likely N-dealkylation sites (N-methyl/N-ethyl adjacent to an activating group) is 2. The minimum absolute atomic E-state index is 0.00712. The molecule has 2 N–H and O–H groups in total. The Bertz CT molecular complexity index is 408. The van der Waals surface area contributed by atoms with Crippen LogP contribution in [0.15, 0.2) is 24.5 Å². The molecule has 0 spiro atoms. The molecule has 0 saturated carbocycles. The number of hydrogen-bond donors (Lipinski definition) is 1. The molecule has 1 aromatic rings. The van der Waals surface area contributed by atoms with Crippen molar-refractivity contribution in [1.82, 2.24) is 14.8 Å². The molecule has 0 radical (unpaired) electrons. The van der Waals surface area contributed by atoms with Gasteiger partial charge in [-0.05, 0) is 30.7 Å². The lowest BCUT2D eigenvalue weighted by Crippen LogP contribution is -2.45. The van der Waals surface area contributed by atoms with Gasteiger partial charge in [-0.2, -0.15) is 0 Å². The van der Waals surface area contributed by atoms with Crippen molar-refractivity contribution in [2.45, 2.75) is 32.4 Å². The quantitative estimate of drug-likeness (QED) is 0.816. The van der Waals surface area contributed by atoms with E-state index in [1.54, 1.807) is 31.4 Å². The Labute approximate surface area is 121 Å². The second-order valence-electron chi connectivity index (χ2n) is 5.15. The molecule has 1 rings (SSSR count). The Hall–Kier alpha value is -1.46. The van der Waals surface area contributed by atoms with Crippen LogP contribution >= 0.6 is 0 Å². The van der Waals surface area contributed by atoms with E-state index >= 15 is 0 Å². The maximum absolute atomic E-state index is 12.0. The number of pyridine rings is 1. The van der Waals surface area contributed by atoms with Crippen LogP contribution in [-0.4, -0.2) is 53.9 Å². The van der Waals surface area contributed by atoms with Gasteiger partial charge in [-0.3, -0.25) is 14.7 Å². The van der Waals surface area contributed by atoms with E-state index < -0.39 is 0 Å². The van der Waals surface area contributed by atoms with Gasteiger partial charge in [0.2, 0.25) is 5.91 Å². The Balaban J connectivity index is 2.99. The second kappa shape index (κ2) is 7.97. The lowest BCUT2D eigenvalue weighted by molar-refractivity contribution is -0.130. The zero-order valence-electron chi connectivity index (χ0n) is 12.9. The van der Waals surface area contributed by atoms with Gasteiger partial charge in [0.25, 0.3) is 0 Å². The largest absolute Gasteiger partial charge is 0.348 e. The fraction of sp³-hybridized carbons (Fsp3) is 0.600. The molecule has 1 aromatic heterocycles. The van der Waals surface area contributed by atoms with Crippen LogP contribution in [0.1, 0.15) is 31.9 Å². The predicted octanol–water partition coefficient (Wildman–Crippen LogP) is 1.27. The minimum atomic E-state index is -0.00712. The van der Waals surface area contributed by atoms with Crippen LogP contribution in [0.3, 0.4) is 0 Å². The molecule has 0 bridgehead atoms. The molecule has 1 heterocycles. The molecule has 0 aliphatic rings. The van der Waals surface area contributed by atoms with Crippen molar-refractivity contribution in [2.24, 2.45) is 5.73 Å². The van der Waals surface area contributed by atoms with Crippen LogP contribution in [0.4, 0.5) is 0 Å². The van der Waals surface area contributed by atoms with Crippen molar-refractivity contribution in [3.05, 3.63) is 30.1 Å². The summed E-state index contributed by atoms with van der Waals surface area (Å²) in [5, 5.41) is 0. The summed E-state index contributed by atoms with van der Waals surface area (Å²) in [6, 6.07) is 3.98. The molecular formula is C15H26N4O. The smallest absolute Gasteiger partial charge is 0.236 e. The van der Waals surface area contributed by atoms with E-state index in [0.717, 1.165) is 18.5 Å². The highest BCUT2D eigenvalue weighted by molar-refractivity contribution is 5.77. The maximum Gasteiger partial charge on any atom is 0.236 e. The molecular weight excluding hydrogens is 252 g/mol. The van der Waals surface area contributed by atoms with Crippen LogP contribution in [-0.2, 0) is 4.79 Å². The van der Waals surface area contributed by atoms with Crippen molar-refractivity contribution < 1.29 is 4.79 Å². The third kappa shape index (κ3) is 4.28. The molecule has 2 unspecified atom stereocenters. The Morgan fingerprint density at radius 1 is 1.30 bits per heavy atom. The van der Waals surface area contributed by atoms with Gasteiger partial charge in [0.1, 0.15) is 0 Å². The van der Waals surface area contributed by atoms with Crippen molar-refractivity contribution in [3.8, 4) is 0 Å². The zero-order chi connectivity index (χ0) is 15.1. The number of aromatic nitrogens is 1. The summed E-state index contributed by atoms with van der Waals surface area (Å²) < 4.78 is 0.